The molecule has 0 radical (unpaired) electrons. The molecule has 1 aliphatic heterocycles. The Labute approximate surface area is 214 Å². The minimum absolute atomic E-state index is 0.198. The van der Waals surface area contributed by atoms with E-state index < -0.39 is 29.6 Å². The largest absolute Gasteiger partial charge is 0.410 e. The van der Waals surface area contributed by atoms with Crippen molar-refractivity contribution in [2.45, 2.75) is 109 Å². The number of rotatable bonds is 10. The van der Waals surface area contributed by atoms with E-state index in [2.05, 4.69) is 116 Å². The molecule has 3 rings (SSSR count). The first-order chi connectivity index (χ1) is 16.4. The third kappa shape index (κ3) is 3.29. The van der Waals surface area contributed by atoms with Gasteiger partial charge in [0.2, 0.25) is 0 Å². The van der Waals surface area contributed by atoms with Crippen molar-refractivity contribution in [1.82, 2.24) is 0 Å². The van der Waals surface area contributed by atoms with Crippen molar-refractivity contribution in [2.75, 3.05) is 0 Å². The van der Waals surface area contributed by atoms with Crippen molar-refractivity contribution in [3.05, 3.63) is 71.8 Å². The van der Waals surface area contributed by atoms with Gasteiger partial charge in [-0.3, -0.25) is 0 Å². The van der Waals surface area contributed by atoms with Gasteiger partial charge in [0.25, 0.3) is 0 Å². The molecule has 0 atom stereocenters. The Balaban J connectivity index is 2.64. The van der Waals surface area contributed by atoms with Crippen LogP contribution in [-0.4, -0.2) is 29.6 Å². The molecule has 188 valence electrons. The van der Waals surface area contributed by atoms with Gasteiger partial charge in [0.05, 0.1) is 19.9 Å². The van der Waals surface area contributed by atoms with E-state index in [9.17, 15) is 0 Å². The lowest BCUT2D eigenvalue weighted by molar-refractivity contribution is 0.178. The third-order valence-corrected chi connectivity index (χ3v) is 78.3. The second kappa shape index (κ2) is 10.7. The summed E-state index contributed by atoms with van der Waals surface area (Å²) < 4.78 is 8.28. The normalized spacial score (nSPS) is 21.8. The van der Waals surface area contributed by atoms with Crippen molar-refractivity contribution in [1.29, 1.82) is 0 Å². The summed E-state index contributed by atoms with van der Waals surface area (Å²) in [4.78, 5) is 0. The van der Waals surface area contributed by atoms with Gasteiger partial charge in [-0.1, -0.05) is 152 Å². The van der Waals surface area contributed by atoms with E-state index in [1.807, 2.05) is 0 Å². The smallest absolute Gasteiger partial charge is 0.178 e. The predicted octanol–water partition coefficient (Wildman–Crippen LogP) is 9.19. The van der Waals surface area contributed by atoms with Crippen LogP contribution in [0.15, 0.2) is 60.7 Å². The fraction of sp³-hybridized carbons (Fsp3) is 0.586. The molecule has 0 bridgehead atoms. The zero-order chi connectivity index (χ0) is 25.1. The molecule has 1 aliphatic rings. The highest BCUT2D eigenvalue weighted by Crippen LogP contribution is 2.63. The maximum Gasteiger partial charge on any atom is 0.178 e. The summed E-state index contributed by atoms with van der Waals surface area (Å²) in [7, 11) is -7.19. The minimum Gasteiger partial charge on any atom is -0.410 e. The van der Waals surface area contributed by atoms with Gasteiger partial charge < -0.3 is 4.43 Å². The van der Waals surface area contributed by atoms with Gasteiger partial charge in [0.1, 0.15) is 0 Å². The Bertz CT molecular complexity index is 859. The molecule has 1 heterocycles. The van der Waals surface area contributed by atoms with Crippen LogP contribution in [0.1, 0.15) is 66.5 Å². The Morgan fingerprint density at radius 1 is 0.500 bits per heavy atom. The monoisotopic (exact) mass is 526 g/mol. The van der Waals surface area contributed by atoms with Crippen LogP contribution >= 0.6 is 0 Å². The summed E-state index contributed by atoms with van der Waals surface area (Å²) >= 11 is 0. The van der Waals surface area contributed by atoms with Crippen molar-refractivity contribution in [2.24, 2.45) is 0 Å². The second-order valence-corrected chi connectivity index (χ2v) is 45.7. The van der Waals surface area contributed by atoms with Crippen LogP contribution in [0.3, 0.4) is 0 Å². The summed E-state index contributed by atoms with van der Waals surface area (Å²) in [6.07, 6.45) is 0. The maximum absolute atomic E-state index is 8.28. The highest BCUT2D eigenvalue weighted by Gasteiger charge is 2.79. The highest BCUT2D eigenvalue weighted by atomic mass is 29.8. The van der Waals surface area contributed by atoms with Gasteiger partial charge in [-0.15, -0.1) is 0 Å². The minimum atomic E-state index is -1.97. The lowest BCUT2D eigenvalue weighted by Gasteiger charge is -2.73. The Morgan fingerprint density at radius 2 is 0.882 bits per heavy atom. The van der Waals surface area contributed by atoms with Crippen LogP contribution in [-0.2, 0) is 9.65 Å². The number of benzene rings is 2. The lowest BCUT2D eigenvalue weighted by Crippen LogP contribution is -2.95. The third-order valence-electron chi connectivity index (χ3n) is 10.9. The molecule has 0 unspecified atom stereocenters. The molecule has 1 nitrogen and oxygen atoms in total. The Morgan fingerprint density at radius 3 is 1.18 bits per heavy atom. The van der Waals surface area contributed by atoms with Gasteiger partial charge in [-0.2, -0.15) is 0 Å². The molecule has 0 spiro atoms. The standard InChI is InChI=1S/C29H50OSi4/c1-9-31(10-2)29(27-23-19-17-20-24-27,28-25-21-18-22-26-28)30-32(11-3,12-4)34(15-7,16-8)33(31,13-5)14-6/h17-26H,9-16H2,1-8H3. The van der Waals surface area contributed by atoms with Crippen LogP contribution in [0.4, 0.5) is 0 Å². The molecule has 1 saturated heterocycles. The van der Waals surface area contributed by atoms with Crippen LogP contribution in [0.25, 0.3) is 0 Å². The van der Waals surface area contributed by atoms with Gasteiger partial charge in [0, 0.05) is 7.11 Å². The molecule has 0 aliphatic carbocycles. The zero-order valence-electron chi connectivity index (χ0n) is 23.3. The number of hydrogen-bond donors (Lipinski definition) is 0. The van der Waals surface area contributed by atoms with Crippen LogP contribution in [0.2, 0.25) is 48.4 Å². The molecular formula is C29H50OSi4. The van der Waals surface area contributed by atoms with Gasteiger partial charge in [0.15, 0.2) is 7.83 Å². The first kappa shape index (κ1) is 27.8. The molecule has 0 aromatic heterocycles. The van der Waals surface area contributed by atoms with Crippen LogP contribution < -0.4 is 0 Å². The Hall–Kier alpha value is -0.732. The first-order valence-electron chi connectivity index (χ1n) is 14.2. The van der Waals surface area contributed by atoms with E-state index in [0.717, 1.165) is 0 Å². The molecule has 0 saturated carbocycles. The van der Waals surface area contributed by atoms with E-state index in [1.165, 1.54) is 59.5 Å². The lowest BCUT2D eigenvalue weighted by atomic mass is 10.0. The van der Waals surface area contributed by atoms with Gasteiger partial charge >= 0.3 is 0 Å². The molecule has 2 aromatic carbocycles. The van der Waals surface area contributed by atoms with Crippen LogP contribution in [0, 0.1) is 0 Å². The highest BCUT2D eigenvalue weighted by molar-refractivity contribution is 7.85. The molecule has 5 heteroatoms. The molecule has 0 amide bonds. The van der Waals surface area contributed by atoms with Crippen LogP contribution in [0.5, 0.6) is 0 Å². The van der Waals surface area contributed by atoms with E-state index in [-0.39, 0.29) is 5.22 Å². The fourth-order valence-corrected chi connectivity index (χ4v) is 105. The summed E-state index contributed by atoms with van der Waals surface area (Å²) in [6.45, 7) is 20.6. The quantitative estimate of drug-likeness (QED) is 0.280. The van der Waals surface area contributed by atoms with E-state index >= 15 is 0 Å². The SMILES string of the molecule is CC[Si]1(CC)OC(c2ccccc2)(c2ccccc2)[Si](CC)(CC)[Si](CC)(CC)[Si]1(CC)CC. The van der Waals surface area contributed by atoms with Gasteiger partial charge in [-0.05, 0) is 23.2 Å². The summed E-state index contributed by atoms with van der Waals surface area (Å²) in [5, 5.41) is -0.198. The van der Waals surface area contributed by atoms with Crippen molar-refractivity contribution >= 4 is 29.6 Å². The second-order valence-electron chi connectivity index (χ2n) is 10.6. The maximum atomic E-state index is 8.28. The van der Waals surface area contributed by atoms with E-state index in [4.69, 9.17) is 4.43 Å². The van der Waals surface area contributed by atoms with Crippen molar-refractivity contribution < 1.29 is 4.43 Å². The molecule has 0 N–H and O–H groups in total. The summed E-state index contributed by atoms with van der Waals surface area (Å²) in [5.41, 5.74) is 2.95. The fourth-order valence-electron chi connectivity index (χ4n) is 9.57. The Kier molecular flexibility index (Phi) is 8.77. The molecular weight excluding hydrogens is 477 g/mol. The topological polar surface area (TPSA) is 9.23 Å². The average molecular weight is 527 g/mol. The summed E-state index contributed by atoms with van der Waals surface area (Å²) in [5.74, 6) is 0. The summed E-state index contributed by atoms with van der Waals surface area (Å²) in [6, 6.07) is 34.4. The van der Waals surface area contributed by atoms with Crippen molar-refractivity contribution in [3.8, 4) is 0 Å². The molecule has 34 heavy (non-hydrogen) atoms. The number of hydrogen-bond acceptors (Lipinski definition) is 1. The molecule has 2 aromatic rings. The van der Waals surface area contributed by atoms with E-state index in [1.54, 1.807) is 0 Å². The predicted molar refractivity (Wildman–Crippen MR) is 162 cm³/mol. The first-order valence-corrected chi connectivity index (χ1v) is 26.8. The van der Waals surface area contributed by atoms with Crippen molar-refractivity contribution in [3.63, 3.8) is 0 Å². The van der Waals surface area contributed by atoms with E-state index in [0.29, 0.717) is 0 Å². The zero-order valence-corrected chi connectivity index (χ0v) is 27.3. The molecule has 1 fully saturated rings. The van der Waals surface area contributed by atoms with Gasteiger partial charge in [-0.25, -0.2) is 0 Å². The average Bonchev–Trinajstić information content (AvgIpc) is 2.92.